The van der Waals surface area contributed by atoms with E-state index in [2.05, 4.69) is 21.1 Å². The molecule has 0 spiro atoms. The summed E-state index contributed by atoms with van der Waals surface area (Å²) < 4.78 is 35.6. The van der Waals surface area contributed by atoms with Crippen molar-refractivity contribution in [3.8, 4) is 11.6 Å². The van der Waals surface area contributed by atoms with Gasteiger partial charge in [-0.25, -0.2) is 9.78 Å². The number of aromatic nitrogens is 1. The number of halogens is 3. The van der Waals surface area contributed by atoms with E-state index in [1.807, 2.05) is 25.1 Å². The van der Waals surface area contributed by atoms with Gasteiger partial charge >= 0.3 is 12.7 Å². The second kappa shape index (κ2) is 10.6. The Morgan fingerprint density at radius 3 is 2.66 bits per heavy atom. The Bertz CT molecular complexity index is 1150. The van der Waals surface area contributed by atoms with Crippen LogP contribution in [0.1, 0.15) is 48.4 Å². The predicted octanol–water partition coefficient (Wildman–Crippen LogP) is 5.93. The van der Waals surface area contributed by atoms with Crippen molar-refractivity contribution in [2.24, 2.45) is 5.92 Å². The molecule has 2 amide bonds. The van der Waals surface area contributed by atoms with Gasteiger partial charge in [0.25, 0.3) is 0 Å². The van der Waals surface area contributed by atoms with Gasteiger partial charge in [-0.15, -0.1) is 11.6 Å². The summed E-state index contributed by atoms with van der Waals surface area (Å²) >= 11 is 6.35. The molecule has 1 unspecified atom stereocenters. The molecule has 1 aromatic heterocycles. The molecule has 186 valence electrons. The van der Waals surface area contributed by atoms with Crippen molar-refractivity contribution in [1.29, 1.82) is 0 Å². The fourth-order valence-corrected chi connectivity index (χ4v) is 4.30. The average molecular weight is 506 g/mol. The number of hydrogen-bond donors (Lipinski definition) is 1. The number of aryl methyl sites for hydroxylation is 1. The SMILES string of the molecule is Cc1ccc(NC(=O)C2CN(C(=O)Oc3c(C4=CCCC4)cccc3C(C)Cl)C2)c(OC(F)F)n1. The van der Waals surface area contributed by atoms with Crippen molar-refractivity contribution < 1.29 is 27.8 Å². The van der Waals surface area contributed by atoms with E-state index in [0.29, 0.717) is 11.4 Å². The Morgan fingerprint density at radius 1 is 1.23 bits per heavy atom. The van der Waals surface area contributed by atoms with Crippen LogP contribution in [0, 0.1) is 12.8 Å². The summed E-state index contributed by atoms with van der Waals surface area (Å²) in [6.07, 6.45) is 4.50. The molecule has 0 radical (unpaired) electrons. The van der Waals surface area contributed by atoms with Crippen LogP contribution < -0.4 is 14.8 Å². The van der Waals surface area contributed by atoms with Gasteiger partial charge in [0, 0.05) is 29.9 Å². The fraction of sp³-hybridized carbons (Fsp3) is 0.400. The van der Waals surface area contributed by atoms with E-state index in [1.54, 1.807) is 13.0 Å². The first-order valence-electron chi connectivity index (χ1n) is 11.4. The van der Waals surface area contributed by atoms with Gasteiger partial charge in [-0.2, -0.15) is 8.78 Å². The highest BCUT2D eigenvalue weighted by atomic mass is 35.5. The summed E-state index contributed by atoms with van der Waals surface area (Å²) in [5.41, 5.74) is 3.21. The quantitative estimate of drug-likeness (QED) is 0.472. The lowest BCUT2D eigenvalue weighted by atomic mass is 9.99. The Kier molecular flexibility index (Phi) is 7.54. The van der Waals surface area contributed by atoms with E-state index in [1.165, 1.54) is 11.0 Å². The third kappa shape index (κ3) is 5.73. The van der Waals surface area contributed by atoms with Crippen LogP contribution in [-0.4, -0.2) is 41.6 Å². The van der Waals surface area contributed by atoms with Crippen LogP contribution in [0.2, 0.25) is 0 Å². The Balaban J connectivity index is 1.41. The first kappa shape index (κ1) is 24.9. The number of rotatable bonds is 7. The van der Waals surface area contributed by atoms with Crippen molar-refractivity contribution in [3.05, 3.63) is 53.2 Å². The molecule has 1 aromatic carbocycles. The van der Waals surface area contributed by atoms with Crippen LogP contribution in [0.5, 0.6) is 11.6 Å². The number of likely N-dealkylation sites (tertiary alicyclic amines) is 1. The Hall–Kier alpha value is -3.20. The summed E-state index contributed by atoms with van der Waals surface area (Å²) in [6, 6.07) is 8.68. The van der Waals surface area contributed by atoms with E-state index in [4.69, 9.17) is 16.3 Å². The number of hydrogen-bond acceptors (Lipinski definition) is 5. The minimum absolute atomic E-state index is 0.0430. The fourth-order valence-electron chi connectivity index (χ4n) is 4.13. The highest BCUT2D eigenvalue weighted by Gasteiger charge is 2.38. The number of carbonyl (C=O) groups is 2. The standard InChI is InChI=1S/C25H26ClF2N3O4/c1-14-10-11-20(23(29-14)35-24(27)28)30-22(32)17-12-31(13-17)25(33)34-21-18(15(2)26)8-5-9-19(21)16-6-3-4-7-16/h5-6,8-11,15,17,24H,3-4,7,12-13H2,1-2H3,(H,30,32). The Labute approximate surface area is 207 Å². The predicted molar refractivity (Wildman–Crippen MR) is 128 cm³/mol. The van der Waals surface area contributed by atoms with Gasteiger partial charge in [0.1, 0.15) is 11.4 Å². The lowest BCUT2D eigenvalue weighted by Crippen LogP contribution is -2.55. The lowest BCUT2D eigenvalue weighted by molar-refractivity contribution is -0.123. The Morgan fingerprint density at radius 2 is 2.00 bits per heavy atom. The normalized spacial score (nSPS) is 16.5. The molecule has 2 aromatic rings. The number of amides is 2. The summed E-state index contributed by atoms with van der Waals surface area (Å²) in [6.45, 7) is 0.628. The molecule has 10 heteroatoms. The van der Waals surface area contributed by atoms with Crippen molar-refractivity contribution in [2.45, 2.75) is 45.1 Å². The van der Waals surface area contributed by atoms with E-state index >= 15 is 0 Å². The van der Waals surface area contributed by atoms with Gasteiger partial charge in [-0.3, -0.25) is 4.79 Å². The molecule has 2 heterocycles. The molecule has 1 N–H and O–H groups in total. The lowest BCUT2D eigenvalue weighted by Gasteiger charge is -2.37. The van der Waals surface area contributed by atoms with Crippen LogP contribution in [0.3, 0.4) is 0 Å². The number of benzene rings is 1. The molecule has 0 bridgehead atoms. The van der Waals surface area contributed by atoms with Gasteiger partial charge in [-0.1, -0.05) is 24.3 Å². The maximum atomic E-state index is 12.9. The van der Waals surface area contributed by atoms with Crippen LogP contribution in [0.15, 0.2) is 36.4 Å². The van der Waals surface area contributed by atoms with Gasteiger partial charge in [0.2, 0.25) is 11.8 Å². The molecular formula is C25H26ClF2N3O4. The van der Waals surface area contributed by atoms with Crippen molar-refractivity contribution in [3.63, 3.8) is 0 Å². The maximum absolute atomic E-state index is 12.9. The molecule has 1 saturated heterocycles. The molecule has 1 atom stereocenters. The number of allylic oxidation sites excluding steroid dienone is 2. The number of nitrogens with one attached hydrogen (secondary N) is 1. The molecule has 1 fully saturated rings. The first-order valence-corrected chi connectivity index (χ1v) is 11.8. The third-order valence-corrected chi connectivity index (χ3v) is 6.25. The number of para-hydroxylation sites is 1. The summed E-state index contributed by atoms with van der Waals surface area (Å²) in [7, 11) is 0. The molecule has 1 aliphatic carbocycles. The molecule has 2 aliphatic rings. The van der Waals surface area contributed by atoms with Crippen molar-refractivity contribution in [2.75, 3.05) is 18.4 Å². The monoisotopic (exact) mass is 505 g/mol. The highest BCUT2D eigenvalue weighted by Crippen LogP contribution is 2.40. The van der Waals surface area contributed by atoms with Crippen LogP contribution in [0.25, 0.3) is 5.57 Å². The van der Waals surface area contributed by atoms with Gasteiger partial charge in [0.15, 0.2) is 0 Å². The highest BCUT2D eigenvalue weighted by molar-refractivity contribution is 6.20. The number of pyridine rings is 1. The smallest absolute Gasteiger partial charge is 0.415 e. The minimum atomic E-state index is -3.07. The third-order valence-electron chi connectivity index (χ3n) is 6.02. The number of nitrogens with zero attached hydrogens (tertiary/aromatic N) is 2. The average Bonchev–Trinajstić information content (AvgIpc) is 3.29. The summed E-state index contributed by atoms with van der Waals surface area (Å²) in [5, 5.41) is 2.20. The van der Waals surface area contributed by atoms with Gasteiger partial charge in [-0.05, 0) is 50.8 Å². The first-order chi connectivity index (χ1) is 16.7. The largest absolute Gasteiger partial charge is 0.415 e. The van der Waals surface area contributed by atoms with Crippen LogP contribution >= 0.6 is 11.6 Å². The number of ether oxygens (including phenoxy) is 2. The minimum Gasteiger partial charge on any atom is -0.415 e. The van der Waals surface area contributed by atoms with Crippen LogP contribution in [-0.2, 0) is 4.79 Å². The maximum Gasteiger partial charge on any atom is 0.415 e. The van der Waals surface area contributed by atoms with Gasteiger partial charge < -0.3 is 19.7 Å². The van der Waals surface area contributed by atoms with Gasteiger partial charge in [0.05, 0.1) is 11.3 Å². The molecule has 4 rings (SSSR count). The number of carbonyl (C=O) groups excluding carboxylic acids is 2. The second-order valence-corrected chi connectivity index (χ2v) is 9.26. The zero-order valence-electron chi connectivity index (χ0n) is 19.4. The molecular weight excluding hydrogens is 480 g/mol. The number of alkyl halides is 3. The molecule has 7 nitrogen and oxygen atoms in total. The van der Waals surface area contributed by atoms with E-state index in [0.717, 1.165) is 36.0 Å². The van der Waals surface area contributed by atoms with E-state index in [9.17, 15) is 18.4 Å². The van der Waals surface area contributed by atoms with E-state index < -0.39 is 24.5 Å². The molecule has 1 aliphatic heterocycles. The second-order valence-electron chi connectivity index (χ2n) is 8.60. The zero-order chi connectivity index (χ0) is 25.1. The van der Waals surface area contributed by atoms with Crippen LogP contribution in [0.4, 0.5) is 19.3 Å². The van der Waals surface area contributed by atoms with Crippen molar-refractivity contribution in [1.82, 2.24) is 9.88 Å². The summed E-state index contributed by atoms with van der Waals surface area (Å²) in [5.74, 6) is -0.863. The van der Waals surface area contributed by atoms with E-state index in [-0.39, 0.29) is 30.0 Å². The number of anilines is 1. The van der Waals surface area contributed by atoms with Crippen molar-refractivity contribution >= 4 is 34.9 Å². The molecule has 35 heavy (non-hydrogen) atoms. The summed E-state index contributed by atoms with van der Waals surface area (Å²) in [4.78, 5) is 30.8. The topological polar surface area (TPSA) is 80.8 Å². The zero-order valence-corrected chi connectivity index (χ0v) is 20.1. The molecule has 0 saturated carbocycles.